The summed E-state index contributed by atoms with van der Waals surface area (Å²) >= 11 is 3.07. The minimum Gasteiger partial charge on any atom is -0.480 e. The van der Waals surface area contributed by atoms with Crippen molar-refractivity contribution >= 4 is 35.4 Å². The summed E-state index contributed by atoms with van der Waals surface area (Å²) in [5.74, 6) is 1.07. The molecule has 2 rings (SSSR count). The molecule has 1 heterocycles. The maximum Gasteiger partial charge on any atom is 0.316 e. The van der Waals surface area contributed by atoms with E-state index in [1.807, 2.05) is 34.9 Å². The van der Waals surface area contributed by atoms with Gasteiger partial charge in [-0.1, -0.05) is 12.1 Å². The van der Waals surface area contributed by atoms with Crippen LogP contribution in [0.2, 0.25) is 0 Å². The van der Waals surface area contributed by atoms with Gasteiger partial charge in [0.25, 0.3) is 5.91 Å². The first kappa shape index (κ1) is 15.3. The van der Waals surface area contributed by atoms with E-state index < -0.39 is 11.2 Å². The van der Waals surface area contributed by atoms with Gasteiger partial charge < -0.3 is 10.0 Å². The van der Waals surface area contributed by atoms with Gasteiger partial charge in [0, 0.05) is 29.5 Å². The predicted molar refractivity (Wildman–Crippen MR) is 82.6 cm³/mol. The average Bonchev–Trinajstić information content (AvgIpc) is 2.48. The van der Waals surface area contributed by atoms with Crippen molar-refractivity contribution < 1.29 is 14.7 Å². The Morgan fingerprint density at radius 1 is 1.30 bits per heavy atom. The summed E-state index contributed by atoms with van der Waals surface area (Å²) in [6, 6.07) is 7.25. The highest BCUT2D eigenvalue weighted by atomic mass is 32.2. The van der Waals surface area contributed by atoms with E-state index in [-0.39, 0.29) is 5.91 Å². The third kappa shape index (κ3) is 3.70. The number of nitrogens with zero attached hydrogens (tertiary/aromatic N) is 1. The van der Waals surface area contributed by atoms with Gasteiger partial charge in [-0.25, -0.2) is 0 Å². The van der Waals surface area contributed by atoms with E-state index in [1.54, 1.807) is 13.0 Å². The molecule has 0 spiro atoms. The molecule has 4 nitrogen and oxygen atoms in total. The molecule has 1 aromatic carbocycles. The van der Waals surface area contributed by atoms with Crippen LogP contribution in [0.5, 0.6) is 0 Å². The van der Waals surface area contributed by atoms with Gasteiger partial charge in [0.05, 0.1) is 5.56 Å². The van der Waals surface area contributed by atoms with Gasteiger partial charge in [0.1, 0.15) is 5.25 Å². The molecule has 1 aromatic rings. The zero-order valence-electron chi connectivity index (χ0n) is 11.2. The Labute approximate surface area is 126 Å². The third-order valence-corrected chi connectivity index (χ3v) is 5.17. The Hall–Kier alpha value is -1.14. The third-order valence-electron chi connectivity index (χ3n) is 3.07. The van der Waals surface area contributed by atoms with Crippen molar-refractivity contribution in [3.8, 4) is 0 Å². The van der Waals surface area contributed by atoms with Gasteiger partial charge in [0.2, 0.25) is 0 Å². The Bertz CT molecular complexity index is 501. The first-order valence-electron chi connectivity index (χ1n) is 6.45. The molecule has 1 unspecified atom stereocenters. The number of carbonyl (C=O) groups is 2. The molecule has 1 atom stereocenters. The minimum absolute atomic E-state index is 0.00555. The number of aliphatic carboxylic acids is 1. The van der Waals surface area contributed by atoms with Gasteiger partial charge >= 0.3 is 5.97 Å². The zero-order valence-corrected chi connectivity index (χ0v) is 12.9. The molecule has 6 heteroatoms. The molecule has 0 aromatic heterocycles. The molecule has 1 aliphatic rings. The highest BCUT2D eigenvalue weighted by molar-refractivity contribution is 8.00. The van der Waals surface area contributed by atoms with Crippen LogP contribution in [-0.4, -0.2) is 51.7 Å². The first-order valence-corrected chi connectivity index (χ1v) is 8.48. The van der Waals surface area contributed by atoms with Crippen LogP contribution in [-0.2, 0) is 4.79 Å². The largest absolute Gasteiger partial charge is 0.480 e. The molecule has 1 amide bonds. The van der Waals surface area contributed by atoms with E-state index >= 15 is 0 Å². The fourth-order valence-electron chi connectivity index (χ4n) is 1.92. The number of carbonyl (C=O) groups excluding carboxylic acids is 1. The van der Waals surface area contributed by atoms with Crippen LogP contribution in [0.25, 0.3) is 0 Å². The maximum absolute atomic E-state index is 12.5. The zero-order chi connectivity index (χ0) is 14.5. The lowest BCUT2D eigenvalue weighted by molar-refractivity contribution is -0.136. The molecule has 1 fully saturated rings. The lowest BCUT2D eigenvalue weighted by Gasteiger charge is -2.27. The molecule has 108 valence electrons. The highest BCUT2D eigenvalue weighted by Crippen LogP contribution is 2.28. The van der Waals surface area contributed by atoms with Crippen LogP contribution >= 0.6 is 23.5 Å². The molecule has 0 aliphatic carbocycles. The van der Waals surface area contributed by atoms with E-state index in [4.69, 9.17) is 5.11 Å². The van der Waals surface area contributed by atoms with Crippen molar-refractivity contribution in [3.05, 3.63) is 29.8 Å². The summed E-state index contributed by atoms with van der Waals surface area (Å²) in [4.78, 5) is 26.1. The van der Waals surface area contributed by atoms with E-state index in [0.717, 1.165) is 29.5 Å². The second-order valence-electron chi connectivity index (χ2n) is 4.50. The average molecular weight is 311 g/mol. The number of carboxylic acid groups (broad SMARTS) is 1. The number of hydrogen-bond donors (Lipinski definition) is 1. The maximum atomic E-state index is 12.5. The van der Waals surface area contributed by atoms with E-state index in [1.165, 1.54) is 11.8 Å². The molecule has 1 saturated heterocycles. The summed E-state index contributed by atoms with van der Waals surface area (Å²) in [5, 5.41) is 8.43. The Kier molecular flexibility index (Phi) is 5.37. The monoisotopic (exact) mass is 311 g/mol. The quantitative estimate of drug-likeness (QED) is 0.866. The highest BCUT2D eigenvalue weighted by Gasteiger charge is 2.22. The first-order chi connectivity index (χ1) is 9.59. The summed E-state index contributed by atoms with van der Waals surface area (Å²) in [6.07, 6.45) is 0. The van der Waals surface area contributed by atoms with Gasteiger partial charge in [0.15, 0.2) is 0 Å². The SMILES string of the molecule is CC(Sc1ccccc1C(=O)N1CCSCC1)C(=O)O. The summed E-state index contributed by atoms with van der Waals surface area (Å²) < 4.78 is 0. The summed E-state index contributed by atoms with van der Waals surface area (Å²) in [6.45, 7) is 3.15. The van der Waals surface area contributed by atoms with Crippen LogP contribution in [0.15, 0.2) is 29.2 Å². The molecule has 0 radical (unpaired) electrons. The number of carboxylic acids is 1. The number of hydrogen-bond acceptors (Lipinski definition) is 4. The van der Waals surface area contributed by atoms with Gasteiger partial charge in [-0.2, -0.15) is 11.8 Å². The Balaban J connectivity index is 2.18. The van der Waals surface area contributed by atoms with Crippen molar-refractivity contribution in [2.24, 2.45) is 0 Å². The van der Waals surface area contributed by atoms with Crippen LogP contribution in [0.1, 0.15) is 17.3 Å². The number of benzene rings is 1. The van der Waals surface area contributed by atoms with Gasteiger partial charge in [-0.15, -0.1) is 11.8 Å². The lowest BCUT2D eigenvalue weighted by atomic mass is 10.2. The van der Waals surface area contributed by atoms with Crippen LogP contribution in [0, 0.1) is 0 Å². The molecule has 1 aliphatic heterocycles. The number of thioether (sulfide) groups is 2. The van der Waals surface area contributed by atoms with Crippen molar-refractivity contribution in [1.29, 1.82) is 0 Å². The Morgan fingerprint density at radius 3 is 2.60 bits per heavy atom. The summed E-state index contributed by atoms with van der Waals surface area (Å²) in [5.41, 5.74) is 0.609. The van der Waals surface area contributed by atoms with Crippen LogP contribution in [0.3, 0.4) is 0 Å². The van der Waals surface area contributed by atoms with Crippen LogP contribution < -0.4 is 0 Å². The molecule has 0 bridgehead atoms. The lowest BCUT2D eigenvalue weighted by Crippen LogP contribution is -2.38. The van der Waals surface area contributed by atoms with Crippen molar-refractivity contribution in [1.82, 2.24) is 4.90 Å². The number of amides is 1. The van der Waals surface area contributed by atoms with Crippen molar-refractivity contribution in [3.63, 3.8) is 0 Å². The predicted octanol–water partition coefficient (Wildman–Crippen LogP) is 2.44. The molecule has 1 N–H and O–H groups in total. The van der Waals surface area contributed by atoms with Gasteiger partial charge in [-0.3, -0.25) is 9.59 Å². The second-order valence-corrected chi connectivity index (χ2v) is 7.11. The number of rotatable bonds is 4. The minimum atomic E-state index is -0.869. The topological polar surface area (TPSA) is 57.6 Å². The Morgan fingerprint density at radius 2 is 1.95 bits per heavy atom. The second kappa shape index (κ2) is 7.04. The normalized spacial score (nSPS) is 16.8. The summed E-state index contributed by atoms with van der Waals surface area (Å²) in [7, 11) is 0. The standard InChI is InChI=1S/C14H17NO3S2/c1-10(14(17)18)20-12-5-3-2-4-11(12)13(16)15-6-8-19-9-7-15/h2-5,10H,6-9H2,1H3,(H,17,18). The molecular formula is C14H17NO3S2. The fraction of sp³-hybridized carbons (Fsp3) is 0.429. The molecule has 20 heavy (non-hydrogen) atoms. The van der Waals surface area contributed by atoms with E-state index in [2.05, 4.69) is 0 Å². The van der Waals surface area contributed by atoms with Crippen molar-refractivity contribution in [2.75, 3.05) is 24.6 Å². The van der Waals surface area contributed by atoms with Crippen LogP contribution in [0.4, 0.5) is 0 Å². The van der Waals surface area contributed by atoms with E-state index in [9.17, 15) is 9.59 Å². The van der Waals surface area contributed by atoms with E-state index in [0.29, 0.717) is 5.56 Å². The molecule has 0 saturated carbocycles. The molecular weight excluding hydrogens is 294 g/mol. The fourth-order valence-corrected chi connectivity index (χ4v) is 3.75. The van der Waals surface area contributed by atoms with Gasteiger partial charge in [-0.05, 0) is 19.1 Å². The smallest absolute Gasteiger partial charge is 0.316 e. The van der Waals surface area contributed by atoms with Crippen molar-refractivity contribution in [2.45, 2.75) is 17.1 Å².